The van der Waals surface area contributed by atoms with E-state index in [1.165, 1.54) is 16.2 Å². The predicted octanol–water partition coefficient (Wildman–Crippen LogP) is 3.75. The lowest BCUT2D eigenvalue weighted by atomic mass is 10.1. The van der Waals surface area contributed by atoms with Gasteiger partial charge >= 0.3 is 0 Å². The summed E-state index contributed by atoms with van der Waals surface area (Å²) >= 11 is 3.16. The van der Waals surface area contributed by atoms with E-state index in [-0.39, 0.29) is 18.2 Å². The minimum Gasteiger partial charge on any atom is -0.345 e. The quantitative estimate of drug-likeness (QED) is 0.743. The Balaban J connectivity index is 1.65. The monoisotopic (exact) mass is 371 g/mol. The second kappa shape index (κ2) is 7.58. The Morgan fingerprint density at radius 3 is 2.72 bits per heavy atom. The molecule has 5 nitrogen and oxygen atoms in total. The normalized spacial score (nSPS) is 10.5. The van der Waals surface area contributed by atoms with Crippen LogP contribution >= 0.6 is 22.7 Å². The molecule has 1 aromatic carbocycles. The fourth-order valence-corrected chi connectivity index (χ4v) is 3.89. The van der Waals surface area contributed by atoms with Crippen LogP contribution < -0.4 is 5.32 Å². The number of carbonyl (C=O) groups is 2. The van der Waals surface area contributed by atoms with Crippen molar-refractivity contribution in [2.75, 3.05) is 19.4 Å². The second-order valence-electron chi connectivity index (χ2n) is 5.63. The van der Waals surface area contributed by atoms with Gasteiger partial charge in [-0.2, -0.15) is 0 Å². The largest absolute Gasteiger partial charge is 0.345 e. The van der Waals surface area contributed by atoms with Crippen molar-refractivity contribution in [3.05, 3.63) is 58.4 Å². The first-order chi connectivity index (χ1) is 12.0. The average Bonchev–Trinajstić information content (AvgIpc) is 3.25. The average molecular weight is 371 g/mol. The number of nitrogens with one attached hydrogen (secondary N) is 1. The van der Waals surface area contributed by atoms with Crippen LogP contribution in [0.3, 0.4) is 0 Å². The van der Waals surface area contributed by atoms with Crippen LogP contribution in [0.2, 0.25) is 0 Å². The minimum absolute atomic E-state index is 0.101. The van der Waals surface area contributed by atoms with Gasteiger partial charge in [-0.15, -0.1) is 22.7 Å². The summed E-state index contributed by atoms with van der Waals surface area (Å²) in [6.45, 7) is 0. The summed E-state index contributed by atoms with van der Waals surface area (Å²) in [4.78, 5) is 31.4. The SMILES string of the molecule is CN(C)C(=O)c1cccc(NC(=O)Cc2csc(-c3cccs3)n2)c1. The van der Waals surface area contributed by atoms with Crippen molar-refractivity contribution in [3.63, 3.8) is 0 Å². The van der Waals surface area contributed by atoms with E-state index in [0.29, 0.717) is 11.3 Å². The first-order valence-electron chi connectivity index (χ1n) is 7.63. The van der Waals surface area contributed by atoms with E-state index < -0.39 is 0 Å². The third-order valence-electron chi connectivity index (χ3n) is 3.42. The molecule has 0 spiro atoms. The molecule has 128 valence electrons. The smallest absolute Gasteiger partial charge is 0.253 e. The molecular formula is C18H17N3O2S2. The lowest BCUT2D eigenvalue weighted by Crippen LogP contribution is -2.22. The molecule has 2 amide bonds. The van der Waals surface area contributed by atoms with Crippen molar-refractivity contribution in [1.82, 2.24) is 9.88 Å². The lowest BCUT2D eigenvalue weighted by molar-refractivity contribution is -0.115. The molecule has 0 aliphatic heterocycles. The summed E-state index contributed by atoms with van der Waals surface area (Å²) in [5, 5.41) is 7.66. The molecule has 0 unspecified atom stereocenters. The number of carbonyl (C=O) groups excluding carboxylic acids is 2. The van der Waals surface area contributed by atoms with Crippen LogP contribution in [0.4, 0.5) is 5.69 Å². The van der Waals surface area contributed by atoms with Crippen LogP contribution in [0, 0.1) is 0 Å². The molecule has 0 aliphatic rings. The number of hydrogen-bond donors (Lipinski definition) is 1. The Hall–Kier alpha value is -2.51. The van der Waals surface area contributed by atoms with Gasteiger partial charge in [-0.25, -0.2) is 4.98 Å². The topological polar surface area (TPSA) is 62.3 Å². The number of anilines is 1. The Bertz CT molecular complexity index is 885. The molecule has 0 saturated carbocycles. The summed E-state index contributed by atoms with van der Waals surface area (Å²) in [7, 11) is 3.39. The first-order valence-corrected chi connectivity index (χ1v) is 9.38. The standard InChI is InChI=1S/C18H17N3O2S2/c1-21(2)18(23)12-5-3-6-13(9-12)19-16(22)10-14-11-25-17(20-14)15-7-4-8-24-15/h3-9,11H,10H2,1-2H3,(H,19,22). The summed E-state index contributed by atoms with van der Waals surface area (Å²) in [5.74, 6) is -0.256. The van der Waals surface area contributed by atoms with E-state index in [1.807, 2.05) is 22.9 Å². The van der Waals surface area contributed by atoms with E-state index >= 15 is 0 Å². The highest BCUT2D eigenvalue weighted by Crippen LogP contribution is 2.28. The Morgan fingerprint density at radius 1 is 1.16 bits per heavy atom. The molecule has 3 rings (SSSR count). The van der Waals surface area contributed by atoms with Gasteiger partial charge in [-0.1, -0.05) is 12.1 Å². The predicted molar refractivity (Wildman–Crippen MR) is 102 cm³/mol. The zero-order chi connectivity index (χ0) is 17.8. The number of thiophene rings is 1. The fourth-order valence-electron chi connectivity index (χ4n) is 2.26. The van der Waals surface area contributed by atoms with Crippen LogP contribution in [-0.2, 0) is 11.2 Å². The van der Waals surface area contributed by atoms with Gasteiger partial charge in [-0.3, -0.25) is 9.59 Å². The zero-order valence-electron chi connectivity index (χ0n) is 13.9. The highest BCUT2D eigenvalue weighted by Gasteiger charge is 2.12. The maximum absolute atomic E-state index is 12.3. The fraction of sp³-hybridized carbons (Fsp3) is 0.167. The van der Waals surface area contributed by atoms with Gasteiger partial charge in [-0.05, 0) is 29.6 Å². The van der Waals surface area contributed by atoms with Crippen LogP contribution in [0.1, 0.15) is 16.1 Å². The molecule has 1 N–H and O–H groups in total. The third kappa shape index (κ3) is 4.32. The van der Waals surface area contributed by atoms with Crippen LogP contribution in [0.15, 0.2) is 47.2 Å². The molecule has 2 aromatic heterocycles. The van der Waals surface area contributed by atoms with E-state index in [2.05, 4.69) is 10.3 Å². The van der Waals surface area contributed by atoms with Gasteiger partial charge in [0.15, 0.2) is 0 Å². The van der Waals surface area contributed by atoms with Crippen LogP contribution in [0.25, 0.3) is 9.88 Å². The Kier molecular flexibility index (Phi) is 5.25. The van der Waals surface area contributed by atoms with Crippen LogP contribution in [-0.4, -0.2) is 35.8 Å². The summed E-state index contributed by atoms with van der Waals surface area (Å²) in [6.07, 6.45) is 0.202. The Morgan fingerprint density at radius 2 is 2.00 bits per heavy atom. The maximum Gasteiger partial charge on any atom is 0.253 e. The van der Waals surface area contributed by atoms with Crippen molar-refractivity contribution in [3.8, 4) is 9.88 Å². The zero-order valence-corrected chi connectivity index (χ0v) is 15.5. The molecule has 0 fully saturated rings. The van der Waals surface area contributed by atoms with Gasteiger partial charge in [0.1, 0.15) is 5.01 Å². The number of nitrogens with zero attached hydrogens (tertiary/aromatic N) is 2. The Labute approximate surface area is 154 Å². The van der Waals surface area contributed by atoms with Gasteiger partial charge in [0, 0.05) is 30.7 Å². The molecule has 7 heteroatoms. The maximum atomic E-state index is 12.3. The van der Waals surface area contributed by atoms with Gasteiger partial charge in [0.25, 0.3) is 5.91 Å². The molecule has 25 heavy (non-hydrogen) atoms. The molecule has 0 bridgehead atoms. The minimum atomic E-state index is -0.155. The molecule has 2 heterocycles. The third-order valence-corrected chi connectivity index (χ3v) is 5.36. The van der Waals surface area contributed by atoms with Gasteiger partial charge in [0.2, 0.25) is 5.91 Å². The number of rotatable bonds is 5. The number of amides is 2. The van der Waals surface area contributed by atoms with E-state index in [9.17, 15) is 9.59 Å². The van der Waals surface area contributed by atoms with Crippen molar-refractivity contribution in [2.45, 2.75) is 6.42 Å². The number of hydrogen-bond acceptors (Lipinski definition) is 5. The summed E-state index contributed by atoms with van der Waals surface area (Å²) in [6, 6.07) is 10.9. The van der Waals surface area contributed by atoms with E-state index in [0.717, 1.165) is 15.6 Å². The molecule has 0 atom stereocenters. The van der Waals surface area contributed by atoms with E-state index in [1.54, 1.807) is 49.7 Å². The van der Waals surface area contributed by atoms with Crippen molar-refractivity contribution >= 4 is 40.2 Å². The van der Waals surface area contributed by atoms with Crippen molar-refractivity contribution in [1.29, 1.82) is 0 Å². The molecule has 0 aliphatic carbocycles. The van der Waals surface area contributed by atoms with Crippen molar-refractivity contribution in [2.24, 2.45) is 0 Å². The number of thiazole rings is 1. The van der Waals surface area contributed by atoms with Gasteiger partial charge in [0.05, 0.1) is 17.0 Å². The molecule has 3 aromatic rings. The molecule has 0 saturated heterocycles. The second-order valence-corrected chi connectivity index (χ2v) is 7.43. The molecular weight excluding hydrogens is 354 g/mol. The molecule has 0 radical (unpaired) electrons. The number of benzene rings is 1. The first kappa shape index (κ1) is 17.3. The van der Waals surface area contributed by atoms with Gasteiger partial charge < -0.3 is 10.2 Å². The highest BCUT2D eigenvalue weighted by atomic mass is 32.1. The van der Waals surface area contributed by atoms with E-state index in [4.69, 9.17) is 0 Å². The van der Waals surface area contributed by atoms with Crippen molar-refractivity contribution < 1.29 is 9.59 Å². The van der Waals surface area contributed by atoms with Crippen LogP contribution in [0.5, 0.6) is 0 Å². The highest BCUT2D eigenvalue weighted by molar-refractivity contribution is 7.20. The number of aromatic nitrogens is 1. The lowest BCUT2D eigenvalue weighted by Gasteiger charge is -2.11. The summed E-state index contributed by atoms with van der Waals surface area (Å²) < 4.78 is 0. The summed E-state index contributed by atoms with van der Waals surface area (Å²) in [5.41, 5.74) is 1.88.